The Morgan fingerprint density at radius 2 is 1.77 bits per heavy atom. The molecular weight excluding hydrogens is 374 g/mol. The number of aliphatic hydroxyl groups excluding tert-OH is 1. The van der Waals surface area contributed by atoms with E-state index in [1.165, 1.54) is 42.3 Å². The zero-order chi connectivity index (χ0) is 20.5. The van der Waals surface area contributed by atoms with Gasteiger partial charge in [0.05, 0.1) is 0 Å². The van der Waals surface area contributed by atoms with Crippen LogP contribution in [0.4, 0.5) is 0 Å². The van der Waals surface area contributed by atoms with E-state index in [2.05, 4.69) is 58.1 Å². The monoisotopic (exact) mass is 407 g/mol. The normalized spacial score (nSPS) is 22.9. The summed E-state index contributed by atoms with van der Waals surface area (Å²) in [7, 11) is 2.22. The fourth-order valence-corrected chi connectivity index (χ4v) is 5.46. The molecule has 3 aromatic rings. The van der Waals surface area contributed by atoms with Crippen molar-refractivity contribution in [2.45, 2.75) is 37.9 Å². The van der Waals surface area contributed by atoms with Gasteiger partial charge in [-0.2, -0.15) is 0 Å². The number of aliphatic hydroxyl groups is 1. The van der Waals surface area contributed by atoms with E-state index in [0.717, 1.165) is 43.8 Å². The molecule has 1 atom stereocenters. The van der Waals surface area contributed by atoms with Crippen LogP contribution >= 0.6 is 0 Å². The van der Waals surface area contributed by atoms with Crippen molar-refractivity contribution in [3.8, 4) is 0 Å². The summed E-state index contributed by atoms with van der Waals surface area (Å²) < 4.78 is 6.24. The minimum absolute atomic E-state index is 0.265. The number of nitrogens with zero attached hydrogens (tertiary/aromatic N) is 3. The molecule has 2 saturated heterocycles. The second-order valence-corrected chi connectivity index (χ2v) is 9.07. The van der Waals surface area contributed by atoms with Gasteiger partial charge in [-0.05, 0) is 45.5 Å². The van der Waals surface area contributed by atoms with E-state index < -0.39 is 0 Å². The standard InChI is InChI=1S/C25H33N3O2/c1-26-12-9-20(10-13-26)28-15-14-27(18-21(28)11-16-29)17-19-5-4-7-23-22-6-2-3-8-24(22)30-25(19)23/h2-8,20-21,29H,9-18H2,1H3. The smallest absolute Gasteiger partial charge is 0.139 e. The maximum atomic E-state index is 9.71. The first-order valence-electron chi connectivity index (χ1n) is 11.4. The number of piperazine rings is 1. The Bertz CT molecular complexity index is 992. The highest BCUT2D eigenvalue weighted by Gasteiger charge is 2.33. The largest absolute Gasteiger partial charge is 0.456 e. The van der Waals surface area contributed by atoms with Gasteiger partial charge in [-0.1, -0.05) is 36.4 Å². The van der Waals surface area contributed by atoms with Gasteiger partial charge in [-0.25, -0.2) is 0 Å². The number of rotatable bonds is 5. The maximum Gasteiger partial charge on any atom is 0.139 e. The van der Waals surface area contributed by atoms with Gasteiger partial charge in [0.2, 0.25) is 0 Å². The molecule has 1 N–H and O–H groups in total. The minimum atomic E-state index is 0.265. The maximum absolute atomic E-state index is 9.71. The predicted octanol–water partition coefficient (Wildman–Crippen LogP) is 3.55. The lowest BCUT2D eigenvalue weighted by Crippen LogP contribution is -2.58. The van der Waals surface area contributed by atoms with Crippen molar-refractivity contribution in [3.05, 3.63) is 48.0 Å². The topological polar surface area (TPSA) is 43.1 Å². The number of piperidine rings is 1. The summed E-state index contributed by atoms with van der Waals surface area (Å²) in [6.45, 7) is 6.72. The summed E-state index contributed by atoms with van der Waals surface area (Å²) in [6, 6.07) is 15.9. The number of likely N-dealkylation sites (tertiary alicyclic amines) is 1. The van der Waals surface area contributed by atoms with Crippen LogP contribution in [0.1, 0.15) is 24.8 Å². The highest BCUT2D eigenvalue weighted by molar-refractivity contribution is 6.05. The third-order valence-electron chi connectivity index (χ3n) is 7.11. The molecule has 5 nitrogen and oxygen atoms in total. The molecule has 5 heteroatoms. The van der Waals surface area contributed by atoms with Crippen molar-refractivity contribution in [2.75, 3.05) is 46.4 Å². The molecule has 3 heterocycles. The van der Waals surface area contributed by atoms with E-state index in [0.29, 0.717) is 12.1 Å². The molecule has 2 aliphatic rings. The first-order chi connectivity index (χ1) is 14.7. The zero-order valence-corrected chi connectivity index (χ0v) is 18.0. The molecule has 2 fully saturated rings. The van der Waals surface area contributed by atoms with Crippen LogP contribution in [0.2, 0.25) is 0 Å². The Labute approximate surface area is 178 Å². The molecule has 160 valence electrons. The molecule has 1 unspecified atom stereocenters. The Balaban J connectivity index is 1.33. The molecule has 0 bridgehead atoms. The lowest BCUT2D eigenvalue weighted by molar-refractivity contribution is 0.00605. The van der Waals surface area contributed by atoms with Crippen molar-refractivity contribution >= 4 is 21.9 Å². The Morgan fingerprint density at radius 3 is 2.60 bits per heavy atom. The molecule has 0 amide bonds. The Hall–Kier alpha value is -1.92. The molecule has 0 radical (unpaired) electrons. The molecule has 0 spiro atoms. The van der Waals surface area contributed by atoms with Crippen molar-refractivity contribution in [1.82, 2.24) is 14.7 Å². The second-order valence-electron chi connectivity index (χ2n) is 9.07. The van der Waals surface area contributed by atoms with Crippen LogP contribution in [0.5, 0.6) is 0 Å². The van der Waals surface area contributed by atoms with Gasteiger partial charge in [0.25, 0.3) is 0 Å². The summed E-state index contributed by atoms with van der Waals surface area (Å²) >= 11 is 0. The van der Waals surface area contributed by atoms with E-state index in [4.69, 9.17) is 4.42 Å². The van der Waals surface area contributed by atoms with E-state index in [9.17, 15) is 5.11 Å². The van der Waals surface area contributed by atoms with Crippen molar-refractivity contribution in [1.29, 1.82) is 0 Å². The van der Waals surface area contributed by atoms with Crippen LogP contribution in [0.3, 0.4) is 0 Å². The van der Waals surface area contributed by atoms with Crippen LogP contribution in [-0.4, -0.2) is 78.3 Å². The third kappa shape index (κ3) is 3.87. The molecule has 5 rings (SSSR count). The molecule has 30 heavy (non-hydrogen) atoms. The fraction of sp³-hybridized carbons (Fsp3) is 0.520. The summed E-state index contributed by atoms with van der Waals surface area (Å²) in [5.74, 6) is 0. The Kier molecular flexibility index (Phi) is 5.79. The average Bonchev–Trinajstić information content (AvgIpc) is 3.15. The van der Waals surface area contributed by atoms with E-state index in [1.54, 1.807) is 0 Å². The van der Waals surface area contributed by atoms with Crippen LogP contribution < -0.4 is 0 Å². The molecule has 0 aliphatic carbocycles. The van der Waals surface area contributed by atoms with Gasteiger partial charge in [-0.3, -0.25) is 9.80 Å². The highest BCUT2D eigenvalue weighted by atomic mass is 16.3. The van der Waals surface area contributed by atoms with E-state index in [1.807, 2.05) is 6.07 Å². The molecule has 1 aromatic heterocycles. The van der Waals surface area contributed by atoms with Gasteiger partial charge < -0.3 is 14.4 Å². The van der Waals surface area contributed by atoms with Gasteiger partial charge in [0, 0.05) is 61.2 Å². The lowest BCUT2D eigenvalue weighted by atomic mass is 9.98. The first kappa shape index (κ1) is 20.0. The van der Waals surface area contributed by atoms with Crippen molar-refractivity contribution in [2.24, 2.45) is 0 Å². The number of hydrogen-bond donors (Lipinski definition) is 1. The third-order valence-corrected chi connectivity index (χ3v) is 7.11. The van der Waals surface area contributed by atoms with E-state index in [-0.39, 0.29) is 6.61 Å². The van der Waals surface area contributed by atoms with Crippen molar-refractivity contribution in [3.63, 3.8) is 0 Å². The SMILES string of the molecule is CN1CCC(N2CCN(Cc3cccc4c3oc3ccccc34)CC2CCO)CC1. The first-order valence-corrected chi connectivity index (χ1v) is 11.4. The molecular formula is C25H33N3O2. The van der Waals surface area contributed by atoms with Crippen molar-refractivity contribution < 1.29 is 9.52 Å². The van der Waals surface area contributed by atoms with Crippen LogP contribution in [-0.2, 0) is 6.54 Å². The number of furan rings is 1. The molecule has 2 aromatic carbocycles. The van der Waals surface area contributed by atoms with Gasteiger partial charge in [0.15, 0.2) is 0 Å². The van der Waals surface area contributed by atoms with Crippen LogP contribution in [0.25, 0.3) is 21.9 Å². The quantitative estimate of drug-likeness (QED) is 0.701. The highest BCUT2D eigenvalue weighted by Crippen LogP contribution is 2.32. The second kappa shape index (κ2) is 8.67. The van der Waals surface area contributed by atoms with Gasteiger partial charge in [0.1, 0.15) is 11.2 Å². The zero-order valence-electron chi connectivity index (χ0n) is 18.0. The van der Waals surface area contributed by atoms with Crippen LogP contribution in [0.15, 0.2) is 46.9 Å². The lowest BCUT2D eigenvalue weighted by Gasteiger charge is -2.47. The number of benzene rings is 2. The summed E-state index contributed by atoms with van der Waals surface area (Å²) in [4.78, 5) is 7.68. The minimum Gasteiger partial charge on any atom is -0.456 e. The predicted molar refractivity (Wildman–Crippen MR) is 122 cm³/mol. The summed E-state index contributed by atoms with van der Waals surface area (Å²) in [5.41, 5.74) is 3.25. The Morgan fingerprint density at radius 1 is 0.967 bits per heavy atom. The van der Waals surface area contributed by atoms with Gasteiger partial charge in [-0.15, -0.1) is 0 Å². The number of fused-ring (bicyclic) bond motifs is 3. The molecule has 2 aliphatic heterocycles. The summed E-state index contributed by atoms with van der Waals surface area (Å²) in [6.07, 6.45) is 3.35. The fourth-order valence-electron chi connectivity index (χ4n) is 5.46. The summed E-state index contributed by atoms with van der Waals surface area (Å²) in [5, 5.41) is 12.1. The number of hydrogen-bond acceptors (Lipinski definition) is 5. The average molecular weight is 408 g/mol. The molecule has 0 saturated carbocycles. The van der Waals surface area contributed by atoms with E-state index >= 15 is 0 Å². The number of para-hydroxylation sites is 2. The van der Waals surface area contributed by atoms with Gasteiger partial charge >= 0.3 is 0 Å². The van der Waals surface area contributed by atoms with Crippen LogP contribution in [0, 0.1) is 0 Å².